The lowest BCUT2D eigenvalue weighted by Gasteiger charge is -2.10. The van der Waals surface area contributed by atoms with Crippen LogP contribution in [0.15, 0.2) is 63.3 Å². The van der Waals surface area contributed by atoms with Gasteiger partial charge in [0.2, 0.25) is 5.91 Å². The Morgan fingerprint density at radius 3 is 2.73 bits per heavy atom. The highest BCUT2D eigenvalue weighted by Gasteiger charge is 2.12. The molecule has 132 valence electrons. The fourth-order valence-electron chi connectivity index (χ4n) is 2.14. The normalized spacial score (nSPS) is 10.3. The molecule has 0 aliphatic carbocycles. The maximum Gasteiger partial charge on any atom is 0.255 e. The van der Waals surface area contributed by atoms with Crippen molar-refractivity contribution >= 4 is 46.3 Å². The molecule has 2 aromatic carbocycles. The summed E-state index contributed by atoms with van der Waals surface area (Å²) in [4.78, 5) is 25.0. The van der Waals surface area contributed by atoms with Gasteiger partial charge in [-0.05, 0) is 30.3 Å². The molecule has 2 N–H and O–H groups in total. The minimum atomic E-state index is -0.247. The number of aromatic nitrogens is 2. The van der Waals surface area contributed by atoms with E-state index in [2.05, 4.69) is 20.8 Å². The third-order valence-corrected chi connectivity index (χ3v) is 5.26. The van der Waals surface area contributed by atoms with Gasteiger partial charge in [-0.25, -0.2) is 0 Å². The Morgan fingerprint density at radius 1 is 1.12 bits per heavy atom. The summed E-state index contributed by atoms with van der Waals surface area (Å²) < 4.78 is 0.802. The molecule has 3 rings (SSSR count). The highest BCUT2D eigenvalue weighted by atomic mass is 32.2. The second-order valence-corrected chi connectivity index (χ2v) is 7.36. The molecule has 0 aliphatic heterocycles. The summed E-state index contributed by atoms with van der Waals surface area (Å²) >= 11 is 2.89. The third-order valence-electron chi connectivity index (χ3n) is 3.40. The Bertz CT molecular complexity index is 913. The van der Waals surface area contributed by atoms with Gasteiger partial charge in [-0.1, -0.05) is 48.2 Å². The van der Waals surface area contributed by atoms with Gasteiger partial charge in [-0.15, -0.1) is 10.2 Å². The molecule has 1 heterocycles. The first-order valence-corrected chi connectivity index (χ1v) is 9.59. The predicted molar refractivity (Wildman–Crippen MR) is 104 cm³/mol. The van der Waals surface area contributed by atoms with E-state index in [9.17, 15) is 9.59 Å². The van der Waals surface area contributed by atoms with Gasteiger partial charge >= 0.3 is 0 Å². The van der Waals surface area contributed by atoms with Gasteiger partial charge in [-0.3, -0.25) is 9.59 Å². The summed E-state index contributed by atoms with van der Waals surface area (Å²) in [6.45, 7) is 1.78. The van der Waals surface area contributed by atoms with Crippen LogP contribution < -0.4 is 10.6 Å². The Hall–Kier alpha value is -2.71. The smallest absolute Gasteiger partial charge is 0.255 e. The molecule has 0 aliphatic rings. The Kier molecular flexibility index (Phi) is 5.98. The molecule has 0 saturated carbocycles. The van der Waals surface area contributed by atoms with Crippen molar-refractivity contribution in [3.8, 4) is 0 Å². The molecule has 0 saturated heterocycles. The van der Waals surface area contributed by atoms with Crippen molar-refractivity contribution in [3.05, 3.63) is 59.6 Å². The third kappa shape index (κ3) is 4.68. The van der Waals surface area contributed by atoms with Crippen molar-refractivity contribution in [2.24, 2.45) is 0 Å². The average Bonchev–Trinajstić information content (AvgIpc) is 3.16. The molecule has 0 unspecified atom stereocenters. The summed E-state index contributed by atoms with van der Waals surface area (Å²) in [5.74, 6) is -0.343. The second-order valence-electron chi connectivity index (χ2n) is 5.24. The summed E-state index contributed by atoms with van der Waals surface area (Å²) in [6, 6.07) is 14.4. The number of carbonyl (C=O) groups excluding carboxylic acids is 2. The summed E-state index contributed by atoms with van der Waals surface area (Å²) in [5.41, 5.74) is 3.43. The van der Waals surface area contributed by atoms with Gasteiger partial charge in [0.15, 0.2) is 4.34 Å². The van der Waals surface area contributed by atoms with Crippen LogP contribution in [0.1, 0.15) is 23.7 Å². The van der Waals surface area contributed by atoms with Gasteiger partial charge < -0.3 is 10.6 Å². The predicted octanol–water partition coefficient (Wildman–Crippen LogP) is 4.29. The van der Waals surface area contributed by atoms with E-state index in [1.165, 1.54) is 23.1 Å². The van der Waals surface area contributed by atoms with Crippen LogP contribution in [-0.2, 0) is 4.79 Å². The zero-order valence-electron chi connectivity index (χ0n) is 13.9. The van der Waals surface area contributed by atoms with E-state index >= 15 is 0 Å². The number of anilines is 2. The Balaban J connectivity index is 1.76. The molecule has 8 heteroatoms. The van der Waals surface area contributed by atoms with Gasteiger partial charge in [0, 0.05) is 22.6 Å². The fourth-order valence-corrected chi connectivity index (χ4v) is 3.66. The quantitative estimate of drug-likeness (QED) is 0.662. The lowest BCUT2D eigenvalue weighted by atomic mass is 10.1. The molecule has 0 fully saturated rings. The van der Waals surface area contributed by atoms with Crippen LogP contribution in [0.4, 0.5) is 11.4 Å². The monoisotopic (exact) mass is 384 g/mol. The number of benzene rings is 2. The van der Waals surface area contributed by atoms with Gasteiger partial charge in [-0.2, -0.15) is 0 Å². The molecular weight excluding hydrogens is 368 g/mol. The van der Waals surface area contributed by atoms with Crippen LogP contribution in [0.3, 0.4) is 0 Å². The van der Waals surface area contributed by atoms with E-state index in [0.29, 0.717) is 23.4 Å². The zero-order chi connectivity index (χ0) is 18.4. The molecule has 3 aromatic rings. The van der Waals surface area contributed by atoms with Crippen molar-refractivity contribution in [3.63, 3.8) is 0 Å². The number of rotatable bonds is 6. The minimum Gasteiger partial charge on any atom is -0.326 e. The van der Waals surface area contributed by atoms with Crippen molar-refractivity contribution in [2.75, 3.05) is 10.6 Å². The second kappa shape index (κ2) is 8.59. The van der Waals surface area contributed by atoms with E-state index in [1.807, 2.05) is 24.3 Å². The number of para-hydroxylation sites is 1. The molecule has 26 heavy (non-hydrogen) atoms. The van der Waals surface area contributed by atoms with Crippen LogP contribution in [0, 0.1) is 0 Å². The number of hydrogen-bond donors (Lipinski definition) is 2. The molecule has 1 aromatic heterocycles. The van der Waals surface area contributed by atoms with Gasteiger partial charge in [0.1, 0.15) is 5.51 Å². The van der Waals surface area contributed by atoms with E-state index < -0.39 is 0 Å². The summed E-state index contributed by atoms with van der Waals surface area (Å²) in [5, 5.41) is 13.5. The minimum absolute atomic E-state index is 0.0960. The standard InChI is InChI=1S/C18H16N4O2S2/c1-2-16(23)20-13-7-5-6-12(10-13)17(24)21-14-8-3-4-9-15(14)26-18-22-19-11-25-18/h3-11H,2H2,1H3,(H,20,23)(H,21,24). The van der Waals surface area contributed by atoms with Crippen LogP contribution >= 0.6 is 23.1 Å². The molecule has 0 atom stereocenters. The Morgan fingerprint density at radius 2 is 1.96 bits per heavy atom. The van der Waals surface area contributed by atoms with Crippen LogP contribution in [-0.4, -0.2) is 22.0 Å². The van der Waals surface area contributed by atoms with Crippen molar-refractivity contribution in [2.45, 2.75) is 22.6 Å². The topological polar surface area (TPSA) is 84.0 Å². The number of nitrogens with one attached hydrogen (secondary N) is 2. The van der Waals surface area contributed by atoms with Crippen LogP contribution in [0.2, 0.25) is 0 Å². The average molecular weight is 384 g/mol. The van der Waals surface area contributed by atoms with Crippen LogP contribution in [0.25, 0.3) is 0 Å². The van der Waals surface area contributed by atoms with E-state index in [0.717, 1.165) is 9.24 Å². The maximum atomic E-state index is 12.6. The molecule has 0 bridgehead atoms. The van der Waals surface area contributed by atoms with Crippen molar-refractivity contribution < 1.29 is 9.59 Å². The number of carbonyl (C=O) groups is 2. The highest BCUT2D eigenvalue weighted by molar-refractivity contribution is 8.01. The maximum absolute atomic E-state index is 12.6. The van der Waals surface area contributed by atoms with Gasteiger partial charge in [0.05, 0.1) is 5.69 Å². The molecule has 6 nitrogen and oxygen atoms in total. The molecule has 0 radical (unpaired) electrons. The SMILES string of the molecule is CCC(=O)Nc1cccc(C(=O)Nc2ccccc2Sc2nncs2)c1. The van der Waals surface area contributed by atoms with Crippen molar-refractivity contribution in [1.29, 1.82) is 0 Å². The van der Waals surface area contributed by atoms with Crippen molar-refractivity contribution in [1.82, 2.24) is 10.2 Å². The highest BCUT2D eigenvalue weighted by Crippen LogP contribution is 2.34. The number of nitrogens with zero attached hydrogens (tertiary/aromatic N) is 2. The molecule has 2 amide bonds. The molecule has 0 spiro atoms. The fraction of sp³-hybridized carbons (Fsp3) is 0.111. The summed E-state index contributed by atoms with van der Waals surface area (Å²) in [6.07, 6.45) is 0.382. The number of amides is 2. The summed E-state index contributed by atoms with van der Waals surface area (Å²) in [7, 11) is 0. The lowest BCUT2D eigenvalue weighted by Crippen LogP contribution is -2.14. The lowest BCUT2D eigenvalue weighted by molar-refractivity contribution is -0.115. The van der Waals surface area contributed by atoms with E-state index in [4.69, 9.17) is 0 Å². The zero-order valence-corrected chi connectivity index (χ0v) is 15.6. The number of hydrogen-bond acceptors (Lipinski definition) is 6. The first kappa shape index (κ1) is 18.1. The van der Waals surface area contributed by atoms with Gasteiger partial charge in [0.25, 0.3) is 5.91 Å². The van der Waals surface area contributed by atoms with E-state index in [1.54, 1.807) is 36.7 Å². The van der Waals surface area contributed by atoms with Crippen LogP contribution in [0.5, 0.6) is 0 Å². The first-order valence-electron chi connectivity index (χ1n) is 7.90. The first-order chi connectivity index (χ1) is 12.7. The Labute approximate surface area is 159 Å². The molecular formula is C18H16N4O2S2. The van der Waals surface area contributed by atoms with E-state index in [-0.39, 0.29) is 11.8 Å². The largest absolute Gasteiger partial charge is 0.326 e.